The molecule has 0 aliphatic rings. The lowest BCUT2D eigenvalue weighted by Gasteiger charge is -2.05. The highest BCUT2D eigenvalue weighted by molar-refractivity contribution is 7.92. The SMILES string of the molecule is COC(=O)c1sccc1NS(=O)(=O)c1cn[nH]c1. The van der Waals surface area contributed by atoms with Crippen molar-refractivity contribution in [2.45, 2.75) is 4.90 Å². The molecule has 0 aromatic carbocycles. The summed E-state index contributed by atoms with van der Waals surface area (Å²) < 4.78 is 30.7. The first-order valence-corrected chi connectivity index (χ1v) is 7.08. The number of carbonyl (C=O) groups is 1. The van der Waals surface area contributed by atoms with Gasteiger partial charge in [-0.1, -0.05) is 0 Å². The van der Waals surface area contributed by atoms with E-state index >= 15 is 0 Å². The van der Waals surface area contributed by atoms with Crippen molar-refractivity contribution in [2.24, 2.45) is 0 Å². The molecule has 0 aliphatic carbocycles. The number of ether oxygens (including phenoxy) is 1. The zero-order chi connectivity index (χ0) is 13.2. The smallest absolute Gasteiger partial charge is 0.350 e. The molecule has 0 unspecified atom stereocenters. The van der Waals surface area contributed by atoms with Crippen LogP contribution < -0.4 is 4.72 Å². The van der Waals surface area contributed by atoms with Gasteiger partial charge in [0, 0.05) is 6.20 Å². The molecule has 9 heteroatoms. The van der Waals surface area contributed by atoms with E-state index in [1.54, 1.807) is 5.38 Å². The molecule has 0 atom stereocenters. The van der Waals surface area contributed by atoms with Crippen molar-refractivity contribution in [3.63, 3.8) is 0 Å². The molecule has 0 radical (unpaired) electrons. The van der Waals surface area contributed by atoms with E-state index in [4.69, 9.17) is 0 Å². The van der Waals surface area contributed by atoms with E-state index in [1.807, 2.05) is 0 Å². The van der Waals surface area contributed by atoms with Gasteiger partial charge in [0.05, 0.1) is 19.0 Å². The maximum atomic E-state index is 11.9. The van der Waals surface area contributed by atoms with Crippen molar-refractivity contribution < 1.29 is 17.9 Å². The summed E-state index contributed by atoms with van der Waals surface area (Å²) in [6, 6.07) is 1.49. The highest BCUT2D eigenvalue weighted by Crippen LogP contribution is 2.25. The minimum Gasteiger partial charge on any atom is -0.465 e. The first-order chi connectivity index (χ1) is 8.54. The summed E-state index contributed by atoms with van der Waals surface area (Å²) in [4.78, 5) is 11.6. The quantitative estimate of drug-likeness (QED) is 0.819. The summed E-state index contributed by atoms with van der Waals surface area (Å²) in [5.74, 6) is -0.588. The average Bonchev–Trinajstić information content (AvgIpc) is 2.97. The Hall–Kier alpha value is -1.87. The van der Waals surface area contributed by atoms with Crippen molar-refractivity contribution in [2.75, 3.05) is 11.8 Å². The number of sulfonamides is 1. The number of anilines is 1. The van der Waals surface area contributed by atoms with E-state index < -0.39 is 16.0 Å². The highest BCUT2D eigenvalue weighted by atomic mass is 32.2. The number of thiophene rings is 1. The number of methoxy groups -OCH3 is 1. The average molecular weight is 287 g/mol. The molecular weight excluding hydrogens is 278 g/mol. The van der Waals surface area contributed by atoms with Crippen LogP contribution >= 0.6 is 11.3 Å². The van der Waals surface area contributed by atoms with Crippen molar-refractivity contribution in [3.05, 3.63) is 28.7 Å². The zero-order valence-electron chi connectivity index (χ0n) is 9.21. The van der Waals surface area contributed by atoms with Crippen LogP contribution in [-0.4, -0.2) is 31.7 Å². The van der Waals surface area contributed by atoms with Gasteiger partial charge >= 0.3 is 5.97 Å². The second kappa shape index (κ2) is 4.78. The topological polar surface area (TPSA) is 101 Å². The van der Waals surface area contributed by atoms with E-state index in [-0.39, 0.29) is 15.5 Å². The van der Waals surface area contributed by atoms with Crippen molar-refractivity contribution in [3.8, 4) is 0 Å². The van der Waals surface area contributed by atoms with Gasteiger partial charge in [0.15, 0.2) is 0 Å². The number of esters is 1. The highest BCUT2D eigenvalue weighted by Gasteiger charge is 2.20. The second-order valence-corrected chi connectivity index (χ2v) is 5.79. The van der Waals surface area contributed by atoms with E-state index in [0.29, 0.717) is 0 Å². The Balaban J connectivity index is 2.31. The Kier molecular flexibility index (Phi) is 3.34. The van der Waals surface area contributed by atoms with Crippen molar-refractivity contribution in [1.82, 2.24) is 10.2 Å². The number of aromatic nitrogens is 2. The fraction of sp³-hybridized carbons (Fsp3) is 0.111. The second-order valence-electron chi connectivity index (χ2n) is 3.19. The fourth-order valence-corrected chi connectivity index (χ4v) is 3.04. The maximum Gasteiger partial charge on any atom is 0.350 e. The summed E-state index contributed by atoms with van der Waals surface area (Å²) >= 11 is 1.10. The van der Waals surface area contributed by atoms with Crippen LogP contribution in [0.1, 0.15) is 9.67 Å². The van der Waals surface area contributed by atoms with Crippen LogP contribution in [0.25, 0.3) is 0 Å². The van der Waals surface area contributed by atoms with Crippen LogP contribution in [0.5, 0.6) is 0 Å². The Morgan fingerprint density at radius 2 is 2.33 bits per heavy atom. The molecule has 0 spiro atoms. The number of hydrogen-bond acceptors (Lipinski definition) is 6. The Labute approximate surface area is 107 Å². The zero-order valence-corrected chi connectivity index (χ0v) is 10.8. The van der Waals surface area contributed by atoms with Crippen LogP contribution in [0.15, 0.2) is 28.7 Å². The predicted octanol–water partition coefficient (Wildman–Crippen LogP) is 1.06. The minimum atomic E-state index is -3.75. The van der Waals surface area contributed by atoms with E-state index in [2.05, 4.69) is 19.7 Å². The molecule has 2 N–H and O–H groups in total. The molecule has 2 aromatic rings. The summed E-state index contributed by atoms with van der Waals surface area (Å²) in [7, 11) is -2.52. The third-order valence-electron chi connectivity index (χ3n) is 2.06. The van der Waals surface area contributed by atoms with Crippen molar-refractivity contribution >= 4 is 33.0 Å². The lowest BCUT2D eigenvalue weighted by molar-refractivity contribution is 0.0607. The van der Waals surface area contributed by atoms with Gasteiger partial charge in [-0.05, 0) is 11.4 Å². The first-order valence-electron chi connectivity index (χ1n) is 4.72. The third kappa shape index (κ3) is 2.36. The van der Waals surface area contributed by atoms with Gasteiger partial charge in [-0.3, -0.25) is 9.82 Å². The van der Waals surface area contributed by atoms with Gasteiger partial charge < -0.3 is 4.74 Å². The van der Waals surface area contributed by atoms with Crippen molar-refractivity contribution in [1.29, 1.82) is 0 Å². The van der Waals surface area contributed by atoms with E-state index in [9.17, 15) is 13.2 Å². The molecule has 0 fully saturated rings. The lowest BCUT2D eigenvalue weighted by atomic mass is 10.4. The summed E-state index contributed by atoms with van der Waals surface area (Å²) in [5.41, 5.74) is 0.188. The standard InChI is InChI=1S/C9H9N3O4S2/c1-16-9(13)8-7(2-3-17-8)12-18(14,15)6-4-10-11-5-6/h2-5,12H,1H3,(H,10,11). The molecule has 96 valence electrons. The number of H-pyrrole nitrogens is 1. The number of rotatable bonds is 4. The third-order valence-corrected chi connectivity index (χ3v) is 4.29. The predicted molar refractivity (Wildman–Crippen MR) is 65.1 cm³/mol. The number of aromatic amines is 1. The van der Waals surface area contributed by atoms with E-state index in [0.717, 1.165) is 11.3 Å². The molecule has 2 rings (SSSR count). The number of nitrogens with zero attached hydrogens (tertiary/aromatic N) is 1. The van der Waals surface area contributed by atoms with Gasteiger partial charge in [-0.25, -0.2) is 13.2 Å². The number of carbonyl (C=O) groups excluding carboxylic acids is 1. The van der Waals surface area contributed by atoms with Crippen LogP contribution in [-0.2, 0) is 14.8 Å². The Bertz CT molecular complexity index is 645. The van der Waals surface area contributed by atoms with Crippen LogP contribution in [0.4, 0.5) is 5.69 Å². The molecule has 0 amide bonds. The first kappa shape index (κ1) is 12.6. The lowest BCUT2D eigenvalue weighted by Crippen LogP contribution is -2.14. The Morgan fingerprint density at radius 3 is 2.94 bits per heavy atom. The van der Waals surface area contributed by atoms with Gasteiger partial charge in [-0.15, -0.1) is 11.3 Å². The maximum absolute atomic E-state index is 11.9. The fourth-order valence-electron chi connectivity index (χ4n) is 1.23. The molecule has 2 heterocycles. The molecule has 2 aromatic heterocycles. The van der Waals surface area contributed by atoms with Gasteiger partial charge in [0.1, 0.15) is 9.77 Å². The monoisotopic (exact) mass is 287 g/mol. The Morgan fingerprint density at radius 1 is 1.56 bits per heavy atom. The summed E-state index contributed by atoms with van der Waals surface area (Å²) in [6.07, 6.45) is 2.42. The van der Waals surface area contributed by atoms with E-state index in [1.165, 1.54) is 25.6 Å². The number of hydrogen-bond donors (Lipinski definition) is 2. The molecule has 0 saturated carbocycles. The minimum absolute atomic E-state index is 0.00971. The summed E-state index contributed by atoms with van der Waals surface area (Å²) in [5, 5.41) is 7.56. The molecule has 0 aliphatic heterocycles. The molecular formula is C9H9N3O4S2. The van der Waals surface area contributed by atoms with Gasteiger partial charge in [-0.2, -0.15) is 5.10 Å². The molecule has 0 saturated heterocycles. The van der Waals surface area contributed by atoms with Crippen LogP contribution in [0, 0.1) is 0 Å². The molecule has 7 nitrogen and oxygen atoms in total. The van der Waals surface area contributed by atoms with Gasteiger partial charge in [0.25, 0.3) is 10.0 Å². The normalized spacial score (nSPS) is 11.2. The van der Waals surface area contributed by atoms with Crippen LogP contribution in [0.3, 0.4) is 0 Å². The molecule has 0 bridgehead atoms. The van der Waals surface area contributed by atoms with Crippen LogP contribution in [0.2, 0.25) is 0 Å². The number of nitrogens with one attached hydrogen (secondary N) is 2. The molecule has 18 heavy (non-hydrogen) atoms. The largest absolute Gasteiger partial charge is 0.465 e. The van der Waals surface area contributed by atoms with Gasteiger partial charge in [0.2, 0.25) is 0 Å². The summed E-state index contributed by atoms with van der Waals surface area (Å²) in [6.45, 7) is 0.